The largest absolute Gasteiger partial charge is 1.00 e. The number of nitrogens with one attached hydrogen (secondary N) is 1. The summed E-state index contributed by atoms with van der Waals surface area (Å²) in [6.45, 7) is 1.75. The Morgan fingerprint density at radius 2 is 2.41 bits per heavy atom. The second-order valence-corrected chi connectivity index (χ2v) is 4.89. The Balaban J connectivity index is 0.00000144. The molecule has 6 nitrogen and oxygen atoms in total. The average Bonchev–Trinajstić information content (AvgIpc) is 2.65. The summed E-state index contributed by atoms with van der Waals surface area (Å²) in [6.07, 6.45) is 0.484. The summed E-state index contributed by atoms with van der Waals surface area (Å²) in [5, 5.41) is 20.6. The van der Waals surface area contributed by atoms with E-state index in [0.717, 1.165) is 0 Å². The first-order chi connectivity index (χ1) is 7.56. The van der Waals surface area contributed by atoms with E-state index in [1.54, 1.807) is 6.92 Å². The summed E-state index contributed by atoms with van der Waals surface area (Å²) in [4.78, 5) is 23.6. The monoisotopic (exact) mass is 266 g/mol. The Hall–Kier alpha value is -0.0500. The number of thioether (sulfide) groups is 1. The van der Waals surface area contributed by atoms with Crippen molar-refractivity contribution in [3.8, 4) is 0 Å². The topological polar surface area (TPSA) is 92.7 Å². The van der Waals surface area contributed by atoms with E-state index in [1.807, 2.05) is 0 Å². The normalized spacial score (nSPS) is 27.8. The number of β-lactam (4-membered cyclic amide) rings is 1. The van der Waals surface area contributed by atoms with Crippen LogP contribution in [-0.2, 0) is 9.59 Å². The molecule has 0 spiro atoms. The fraction of sp³-hybridized carbons (Fsp3) is 0.556. The fourth-order valence-corrected chi connectivity index (χ4v) is 3.16. The van der Waals surface area contributed by atoms with Gasteiger partial charge in [0.05, 0.1) is 23.0 Å². The van der Waals surface area contributed by atoms with Crippen molar-refractivity contribution < 1.29 is 49.5 Å². The zero-order valence-corrected chi connectivity index (χ0v) is 12.4. The first kappa shape index (κ1) is 15.0. The van der Waals surface area contributed by atoms with Gasteiger partial charge < -0.3 is 15.1 Å². The molecule has 2 aliphatic rings. The number of hydrogen-bond donors (Lipinski definition) is 2. The van der Waals surface area contributed by atoms with Crippen LogP contribution in [0.4, 0.5) is 0 Å². The second-order valence-electron chi connectivity index (χ2n) is 3.90. The van der Waals surface area contributed by atoms with E-state index >= 15 is 0 Å². The van der Waals surface area contributed by atoms with E-state index in [0.29, 0.717) is 6.42 Å². The van der Waals surface area contributed by atoms with Crippen LogP contribution in [0.3, 0.4) is 0 Å². The summed E-state index contributed by atoms with van der Waals surface area (Å²) in [6, 6.07) is -0.191. The van der Waals surface area contributed by atoms with Crippen molar-refractivity contribution in [2.75, 3.05) is 0 Å². The van der Waals surface area contributed by atoms with Crippen molar-refractivity contribution in [3.05, 3.63) is 11.1 Å². The van der Waals surface area contributed by atoms with Crippen molar-refractivity contribution in [2.24, 2.45) is 5.92 Å². The van der Waals surface area contributed by atoms with E-state index in [1.165, 1.54) is 22.1 Å². The van der Waals surface area contributed by atoms with Crippen LogP contribution >= 0.6 is 11.8 Å². The first-order valence-electron chi connectivity index (χ1n) is 4.86. The molecule has 0 aliphatic carbocycles. The number of carbonyl (C=O) groups excluding carboxylic acids is 2. The molecule has 2 unspecified atom stereocenters. The fourth-order valence-electron chi connectivity index (χ4n) is 1.92. The number of nitrogens with zero attached hydrogens (tertiary/aromatic N) is 1. The summed E-state index contributed by atoms with van der Waals surface area (Å²) >= 11 is 1.31. The Kier molecular flexibility index (Phi) is 5.06. The van der Waals surface area contributed by atoms with Crippen LogP contribution < -0.4 is 40.1 Å². The molecule has 0 aromatic heterocycles. The first-order valence-corrected chi connectivity index (χ1v) is 5.80. The smallest absolute Gasteiger partial charge is 0.543 e. The van der Waals surface area contributed by atoms with Crippen molar-refractivity contribution >= 4 is 23.6 Å². The van der Waals surface area contributed by atoms with E-state index in [-0.39, 0.29) is 58.5 Å². The predicted molar refractivity (Wildman–Crippen MR) is 53.8 cm³/mol. The molecule has 2 N–H and O–H groups in total. The van der Waals surface area contributed by atoms with E-state index in [2.05, 4.69) is 5.48 Å². The van der Waals surface area contributed by atoms with Crippen LogP contribution in [0.5, 0.6) is 0 Å². The van der Waals surface area contributed by atoms with Gasteiger partial charge in [0.15, 0.2) is 0 Å². The molecule has 2 aliphatic heterocycles. The van der Waals surface area contributed by atoms with Gasteiger partial charge in [-0.15, -0.1) is 11.8 Å². The zero-order valence-electron chi connectivity index (χ0n) is 9.54. The van der Waals surface area contributed by atoms with Gasteiger partial charge in [0.25, 0.3) is 0 Å². The maximum atomic E-state index is 11.7. The zero-order chi connectivity index (χ0) is 11.9. The maximum absolute atomic E-state index is 11.7. The van der Waals surface area contributed by atoms with Crippen molar-refractivity contribution in [3.63, 3.8) is 0 Å². The molecular weight excluding hydrogens is 255 g/mol. The van der Waals surface area contributed by atoms with Crippen LogP contribution in [0.2, 0.25) is 0 Å². The number of carboxylic acids is 1. The van der Waals surface area contributed by atoms with Crippen LogP contribution in [0, 0.1) is 5.92 Å². The molecule has 0 bridgehead atoms. The molecule has 17 heavy (non-hydrogen) atoms. The quantitative estimate of drug-likeness (QED) is 0.305. The average molecular weight is 266 g/mol. The van der Waals surface area contributed by atoms with Gasteiger partial charge in [0.2, 0.25) is 5.91 Å². The number of fused-ring (bicyclic) bond motifs is 1. The second kappa shape index (κ2) is 5.73. The molecule has 2 rings (SSSR count). The summed E-state index contributed by atoms with van der Waals surface area (Å²) in [5.41, 5.74) is 2.02. The molecule has 88 valence electrons. The summed E-state index contributed by atoms with van der Waals surface area (Å²) < 4.78 is 0. The Morgan fingerprint density at radius 3 is 2.94 bits per heavy atom. The number of hydroxylamine groups is 1. The van der Waals surface area contributed by atoms with Gasteiger partial charge in [0, 0.05) is 6.04 Å². The summed E-state index contributed by atoms with van der Waals surface area (Å²) in [5.74, 6) is -1.78. The minimum absolute atomic E-state index is 0. The van der Waals surface area contributed by atoms with Crippen LogP contribution in [0.25, 0.3) is 0 Å². The van der Waals surface area contributed by atoms with Gasteiger partial charge in [-0.05, 0) is 18.8 Å². The number of aliphatic carboxylic acids is 1. The van der Waals surface area contributed by atoms with E-state index < -0.39 is 5.97 Å². The summed E-state index contributed by atoms with van der Waals surface area (Å²) in [7, 11) is 0. The predicted octanol–water partition coefficient (Wildman–Crippen LogP) is -4.13. The molecule has 1 fully saturated rings. The Labute approximate surface area is 125 Å². The minimum Gasteiger partial charge on any atom is -0.543 e. The molecule has 8 heteroatoms. The SMILES string of the molecule is CC(CC1C(=O)N2C(C(=O)[O-])=CS[C@@H]12)NO.[Na+]. The van der Waals surface area contributed by atoms with E-state index in [9.17, 15) is 14.7 Å². The number of hydrogen-bond acceptors (Lipinski definition) is 6. The third-order valence-electron chi connectivity index (χ3n) is 2.77. The molecular formula is C9H11N2NaO4S. The molecule has 0 radical (unpaired) electrons. The molecule has 0 aromatic rings. The molecule has 0 aromatic carbocycles. The molecule has 2 heterocycles. The van der Waals surface area contributed by atoms with Crippen molar-refractivity contribution in [1.29, 1.82) is 0 Å². The van der Waals surface area contributed by atoms with Crippen molar-refractivity contribution in [1.82, 2.24) is 10.4 Å². The third-order valence-corrected chi connectivity index (χ3v) is 3.95. The number of carbonyl (C=O) groups is 2. The van der Waals surface area contributed by atoms with E-state index in [4.69, 9.17) is 5.21 Å². The standard InChI is InChI=1S/C9H12N2O4S.Na/c1-4(10-15)2-5-7(12)11-6(9(13)14)3-16-8(5)11;/h3-5,8,10,15H,2H2,1H3,(H,13,14);/q;+1/p-1/t4?,5?,8-;/m0./s1. The van der Waals surface area contributed by atoms with Gasteiger partial charge in [-0.25, -0.2) is 5.48 Å². The molecule has 1 saturated heterocycles. The van der Waals surface area contributed by atoms with Gasteiger partial charge in [-0.2, -0.15) is 0 Å². The number of rotatable bonds is 4. The number of carboxylic acid groups (broad SMARTS) is 1. The molecule has 0 saturated carbocycles. The van der Waals surface area contributed by atoms with Gasteiger partial charge in [-0.3, -0.25) is 9.69 Å². The Morgan fingerprint density at radius 1 is 1.76 bits per heavy atom. The molecule has 3 atom stereocenters. The maximum Gasteiger partial charge on any atom is 1.00 e. The number of amides is 1. The van der Waals surface area contributed by atoms with Gasteiger partial charge >= 0.3 is 29.6 Å². The minimum atomic E-state index is -1.32. The third kappa shape index (κ3) is 2.54. The molecule has 1 amide bonds. The van der Waals surface area contributed by atoms with Gasteiger partial charge in [0.1, 0.15) is 0 Å². The van der Waals surface area contributed by atoms with Gasteiger partial charge in [-0.1, -0.05) is 0 Å². The van der Waals surface area contributed by atoms with Crippen molar-refractivity contribution in [2.45, 2.75) is 24.8 Å². The Bertz CT molecular complexity index is 376. The van der Waals surface area contributed by atoms with Crippen LogP contribution in [-0.4, -0.2) is 33.4 Å². The van der Waals surface area contributed by atoms with Crippen LogP contribution in [0.1, 0.15) is 13.3 Å². The van der Waals surface area contributed by atoms with Crippen LogP contribution in [0.15, 0.2) is 11.1 Å².